The number of fused-ring (bicyclic) bond motifs is 1. The summed E-state index contributed by atoms with van der Waals surface area (Å²) in [5, 5.41) is 3.74. The lowest BCUT2D eigenvalue weighted by Crippen LogP contribution is -2.46. The van der Waals surface area contributed by atoms with Crippen molar-refractivity contribution in [1.82, 2.24) is 9.62 Å². The van der Waals surface area contributed by atoms with Gasteiger partial charge in [-0.1, -0.05) is 30.3 Å². The molecule has 1 unspecified atom stereocenters. The second-order valence-electron chi connectivity index (χ2n) is 7.33. The molecular formula is C20H26N2O3S. The molecule has 1 atom stereocenters. The van der Waals surface area contributed by atoms with Crippen LogP contribution in [-0.2, 0) is 22.2 Å². The zero-order chi connectivity index (χ0) is 18.0. The van der Waals surface area contributed by atoms with Crippen LogP contribution in [0.3, 0.4) is 0 Å². The number of sulfonamides is 1. The Balaban J connectivity index is 1.33. The van der Waals surface area contributed by atoms with Crippen LogP contribution in [0.2, 0.25) is 0 Å². The summed E-state index contributed by atoms with van der Waals surface area (Å²) in [4.78, 5) is 0. The van der Waals surface area contributed by atoms with Gasteiger partial charge < -0.3 is 9.73 Å². The molecule has 4 rings (SSSR count). The van der Waals surface area contributed by atoms with Crippen LogP contribution in [0, 0.1) is 0 Å². The molecule has 140 valence electrons. The number of nitrogens with one attached hydrogen (secondary N) is 1. The molecule has 0 amide bonds. The number of hydrogen-bond donors (Lipinski definition) is 1. The number of piperidine rings is 1. The average molecular weight is 375 g/mol. The Hall–Kier alpha value is -1.63. The lowest BCUT2D eigenvalue weighted by atomic mass is 9.92. The van der Waals surface area contributed by atoms with Gasteiger partial charge in [-0.25, -0.2) is 12.7 Å². The van der Waals surface area contributed by atoms with E-state index in [0.29, 0.717) is 25.2 Å². The van der Waals surface area contributed by atoms with Crippen molar-refractivity contribution in [3.8, 4) is 0 Å². The average Bonchev–Trinajstić information content (AvgIpc) is 3.13. The molecule has 0 saturated carbocycles. The van der Waals surface area contributed by atoms with E-state index in [1.54, 1.807) is 10.6 Å². The number of nitrogens with zero attached hydrogens (tertiary/aromatic N) is 1. The van der Waals surface area contributed by atoms with Gasteiger partial charge in [-0.05, 0) is 37.3 Å². The van der Waals surface area contributed by atoms with Crippen LogP contribution >= 0.6 is 0 Å². The molecule has 0 spiro atoms. The summed E-state index contributed by atoms with van der Waals surface area (Å²) in [5.41, 5.74) is 2.14. The number of benzene rings is 1. The van der Waals surface area contributed by atoms with Crippen LogP contribution in [0.25, 0.3) is 0 Å². The molecule has 5 nitrogen and oxygen atoms in total. The molecule has 1 fully saturated rings. The van der Waals surface area contributed by atoms with E-state index in [-0.39, 0.29) is 5.75 Å². The molecule has 2 aromatic rings. The van der Waals surface area contributed by atoms with E-state index in [9.17, 15) is 8.42 Å². The molecule has 1 aliphatic carbocycles. The quantitative estimate of drug-likeness (QED) is 0.873. The molecular weight excluding hydrogens is 348 g/mol. The highest BCUT2D eigenvalue weighted by molar-refractivity contribution is 7.88. The first kappa shape index (κ1) is 17.8. The molecule has 26 heavy (non-hydrogen) atoms. The molecule has 1 aromatic carbocycles. The molecule has 0 radical (unpaired) electrons. The van der Waals surface area contributed by atoms with Crippen molar-refractivity contribution in [2.24, 2.45) is 0 Å². The predicted octanol–water partition coefficient (Wildman–Crippen LogP) is 3.24. The molecule has 1 saturated heterocycles. The monoisotopic (exact) mass is 374 g/mol. The maximum atomic E-state index is 12.7. The number of aryl methyl sites for hydroxylation is 1. The highest BCUT2D eigenvalue weighted by atomic mass is 32.2. The van der Waals surface area contributed by atoms with E-state index in [1.807, 2.05) is 30.3 Å². The minimum Gasteiger partial charge on any atom is -0.469 e. The predicted molar refractivity (Wildman–Crippen MR) is 101 cm³/mol. The summed E-state index contributed by atoms with van der Waals surface area (Å²) in [5.74, 6) is 1.20. The van der Waals surface area contributed by atoms with Gasteiger partial charge in [0.25, 0.3) is 0 Å². The largest absolute Gasteiger partial charge is 0.469 e. The third-order valence-electron chi connectivity index (χ3n) is 5.53. The Kier molecular flexibility index (Phi) is 5.16. The minimum absolute atomic E-state index is 0.0902. The van der Waals surface area contributed by atoms with Gasteiger partial charge in [0, 0.05) is 37.2 Å². The van der Waals surface area contributed by atoms with E-state index in [2.05, 4.69) is 11.4 Å². The molecule has 2 heterocycles. The number of furan rings is 1. The van der Waals surface area contributed by atoms with E-state index in [0.717, 1.165) is 43.4 Å². The zero-order valence-corrected chi connectivity index (χ0v) is 15.7. The van der Waals surface area contributed by atoms with Crippen LogP contribution in [0.15, 0.2) is 47.1 Å². The van der Waals surface area contributed by atoms with Crippen molar-refractivity contribution in [3.05, 3.63) is 59.5 Å². The minimum atomic E-state index is -3.24. The van der Waals surface area contributed by atoms with E-state index in [1.165, 1.54) is 5.56 Å². The van der Waals surface area contributed by atoms with Crippen molar-refractivity contribution in [3.63, 3.8) is 0 Å². The lowest BCUT2D eigenvalue weighted by Gasteiger charge is -2.35. The van der Waals surface area contributed by atoms with Gasteiger partial charge in [0.2, 0.25) is 10.0 Å². The molecule has 1 aliphatic heterocycles. The fourth-order valence-corrected chi connectivity index (χ4v) is 5.68. The Morgan fingerprint density at radius 3 is 2.62 bits per heavy atom. The van der Waals surface area contributed by atoms with Crippen molar-refractivity contribution < 1.29 is 12.8 Å². The fourth-order valence-electron chi connectivity index (χ4n) is 4.12. The first-order valence-corrected chi connectivity index (χ1v) is 11.1. The van der Waals surface area contributed by atoms with E-state index >= 15 is 0 Å². The molecule has 1 aromatic heterocycles. The Morgan fingerprint density at radius 2 is 1.85 bits per heavy atom. The van der Waals surface area contributed by atoms with Crippen molar-refractivity contribution in [1.29, 1.82) is 0 Å². The second kappa shape index (κ2) is 7.55. The highest BCUT2D eigenvalue weighted by Crippen LogP contribution is 2.31. The first-order chi connectivity index (χ1) is 12.6. The normalized spacial score (nSPS) is 22.2. The van der Waals surface area contributed by atoms with Gasteiger partial charge in [0.05, 0.1) is 12.0 Å². The van der Waals surface area contributed by atoms with Gasteiger partial charge in [-0.15, -0.1) is 0 Å². The maximum Gasteiger partial charge on any atom is 0.218 e. The van der Waals surface area contributed by atoms with Crippen molar-refractivity contribution >= 4 is 10.0 Å². The third kappa shape index (κ3) is 3.87. The van der Waals surface area contributed by atoms with Crippen molar-refractivity contribution in [2.75, 3.05) is 13.1 Å². The number of rotatable bonds is 5. The van der Waals surface area contributed by atoms with Crippen LogP contribution < -0.4 is 5.32 Å². The summed E-state index contributed by atoms with van der Waals surface area (Å²) in [6.07, 6.45) is 6.79. The summed E-state index contributed by atoms with van der Waals surface area (Å²) in [7, 11) is -3.24. The topological polar surface area (TPSA) is 62.6 Å². The van der Waals surface area contributed by atoms with E-state index in [4.69, 9.17) is 4.42 Å². The molecule has 0 bridgehead atoms. The summed E-state index contributed by atoms with van der Waals surface area (Å²) >= 11 is 0. The fraction of sp³-hybridized carbons (Fsp3) is 0.500. The SMILES string of the molecule is O=S(=O)(Cc1ccccc1)N1CCC(NC2CCCc3occc32)CC1. The summed E-state index contributed by atoms with van der Waals surface area (Å²) < 4.78 is 32.6. The second-order valence-corrected chi connectivity index (χ2v) is 9.29. The molecule has 1 N–H and O–H groups in total. The highest BCUT2D eigenvalue weighted by Gasteiger charge is 2.30. The van der Waals surface area contributed by atoms with Crippen LogP contribution in [0.4, 0.5) is 0 Å². The van der Waals surface area contributed by atoms with Crippen molar-refractivity contribution in [2.45, 2.75) is 49.9 Å². The molecule has 6 heteroatoms. The number of hydrogen-bond acceptors (Lipinski definition) is 4. The Labute approximate surface area is 155 Å². The van der Waals surface area contributed by atoms with Gasteiger partial charge in [0.1, 0.15) is 5.76 Å². The molecule has 2 aliphatic rings. The Morgan fingerprint density at radius 1 is 1.08 bits per heavy atom. The van der Waals surface area contributed by atoms with Crippen LogP contribution in [-0.4, -0.2) is 31.9 Å². The van der Waals surface area contributed by atoms with Gasteiger partial charge in [-0.2, -0.15) is 0 Å². The Bertz CT molecular complexity index is 824. The zero-order valence-electron chi connectivity index (χ0n) is 14.9. The van der Waals surface area contributed by atoms with Gasteiger partial charge in [0.15, 0.2) is 0 Å². The summed E-state index contributed by atoms with van der Waals surface area (Å²) in [6.45, 7) is 1.19. The van der Waals surface area contributed by atoms with Crippen LogP contribution in [0.1, 0.15) is 48.6 Å². The van der Waals surface area contributed by atoms with Crippen LogP contribution in [0.5, 0.6) is 0 Å². The third-order valence-corrected chi connectivity index (χ3v) is 7.38. The van der Waals surface area contributed by atoms with Gasteiger partial charge >= 0.3 is 0 Å². The standard InChI is InChI=1S/C20H26N2O3S/c23-26(24,15-16-5-2-1-3-6-16)22-12-9-17(10-13-22)21-19-7-4-8-20-18(19)11-14-25-20/h1-3,5-6,11,14,17,19,21H,4,7-10,12-13,15H2. The lowest BCUT2D eigenvalue weighted by molar-refractivity contribution is 0.263. The smallest absolute Gasteiger partial charge is 0.218 e. The summed E-state index contributed by atoms with van der Waals surface area (Å²) in [6, 6.07) is 12.2. The van der Waals surface area contributed by atoms with Gasteiger partial charge in [-0.3, -0.25) is 0 Å². The van der Waals surface area contributed by atoms with E-state index < -0.39 is 10.0 Å². The maximum absolute atomic E-state index is 12.7. The first-order valence-electron chi connectivity index (χ1n) is 9.46.